The predicted octanol–water partition coefficient (Wildman–Crippen LogP) is 2.55. The standard InChI is InChI=1S/C12H14F3NO2/c13-12(14,15)18-11-5-1-3-9(7-11)16-6-2-4-10(17)8-16/h1,3,5,7,10,17H,2,4,6,8H2. The molecule has 18 heavy (non-hydrogen) atoms. The van der Waals surface area contributed by atoms with Crippen molar-refractivity contribution in [2.24, 2.45) is 0 Å². The lowest BCUT2D eigenvalue weighted by Gasteiger charge is -2.32. The minimum absolute atomic E-state index is 0.236. The van der Waals surface area contributed by atoms with E-state index in [1.54, 1.807) is 6.07 Å². The number of aliphatic hydroxyl groups is 1. The Morgan fingerprint density at radius 3 is 2.78 bits per heavy atom. The quantitative estimate of drug-likeness (QED) is 0.888. The molecule has 2 rings (SSSR count). The maximum Gasteiger partial charge on any atom is 0.573 e. The lowest BCUT2D eigenvalue weighted by atomic mass is 10.1. The molecule has 1 N–H and O–H groups in total. The zero-order chi connectivity index (χ0) is 13.2. The molecule has 1 heterocycles. The summed E-state index contributed by atoms with van der Waals surface area (Å²) in [7, 11) is 0. The van der Waals surface area contributed by atoms with Crippen LogP contribution in [0.15, 0.2) is 24.3 Å². The monoisotopic (exact) mass is 261 g/mol. The molecule has 1 atom stereocenters. The molecule has 0 bridgehead atoms. The molecule has 1 unspecified atom stereocenters. The molecule has 1 fully saturated rings. The average Bonchev–Trinajstić information content (AvgIpc) is 2.27. The molecule has 1 aromatic carbocycles. The number of halogens is 3. The molecule has 0 spiro atoms. The topological polar surface area (TPSA) is 32.7 Å². The Labute approximate surface area is 103 Å². The van der Waals surface area contributed by atoms with Gasteiger partial charge >= 0.3 is 6.36 Å². The smallest absolute Gasteiger partial charge is 0.406 e. The molecule has 0 aromatic heterocycles. The first-order chi connectivity index (χ1) is 8.44. The largest absolute Gasteiger partial charge is 0.573 e. The van der Waals surface area contributed by atoms with Crippen molar-refractivity contribution in [3.8, 4) is 5.75 Å². The number of nitrogens with zero attached hydrogens (tertiary/aromatic N) is 1. The Bertz CT molecular complexity index is 409. The number of hydrogen-bond acceptors (Lipinski definition) is 3. The first-order valence-electron chi connectivity index (χ1n) is 5.73. The molecular formula is C12H14F3NO2. The highest BCUT2D eigenvalue weighted by molar-refractivity contribution is 5.51. The van der Waals surface area contributed by atoms with E-state index in [4.69, 9.17) is 0 Å². The summed E-state index contributed by atoms with van der Waals surface area (Å²) >= 11 is 0. The third-order valence-corrected chi connectivity index (χ3v) is 2.81. The van der Waals surface area contributed by atoms with Crippen molar-refractivity contribution in [2.45, 2.75) is 25.3 Å². The molecule has 100 valence electrons. The van der Waals surface area contributed by atoms with E-state index in [1.807, 2.05) is 4.90 Å². The fourth-order valence-electron chi connectivity index (χ4n) is 2.07. The van der Waals surface area contributed by atoms with Gasteiger partial charge in [-0.25, -0.2) is 0 Å². The van der Waals surface area contributed by atoms with Gasteiger partial charge in [-0.05, 0) is 25.0 Å². The molecule has 3 nitrogen and oxygen atoms in total. The van der Waals surface area contributed by atoms with Gasteiger partial charge in [-0.3, -0.25) is 0 Å². The van der Waals surface area contributed by atoms with Gasteiger partial charge in [0.2, 0.25) is 0 Å². The minimum Gasteiger partial charge on any atom is -0.406 e. The lowest BCUT2D eigenvalue weighted by molar-refractivity contribution is -0.274. The fraction of sp³-hybridized carbons (Fsp3) is 0.500. The van der Waals surface area contributed by atoms with E-state index in [9.17, 15) is 18.3 Å². The van der Waals surface area contributed by atoms with Gasteiger partial charge in [0.1, 0.15) is 5.75 Å². The average molecular weight is 261 g/mol. The van der Waals surface area contributed by atoms with Gasteiger partial charge in [0.25, 0.3) is 0 Å². The van der Waals surface area contributed by atoms with E-state index in [0.717, 1.165) is 19.4 Å². The van der Waals surface area contributed by atoms with Gasteiger partial charge in [-0.2, -0.15) is 0 Å². The van der Waals surface area contributed by atoms with Crippen molar-refractivity contribution in [3.05, 3.63) is 24.3 Å². The molecule has 0 aliphatic carbocycles. The van der Waals surface area contributed by atoms with E-state index in [2.05, 4.69) is 4.74 Å². The Kier molecular flexibility index (Phi) is 3.65. The SMILES string of the molecule is OC1CCCN(c2cccc(OC(F)(F)F)c2)C1. The van der Waals surface area contributed by atoms with Crippen LogP contribution >= 0.6 is 0 Å². The predicted molar refractivity (Wildman–Crippen MR) is 60.6 cm³/mol. The third-order valence-electron chi connectivity index (χ3n) is 2.81. The number of anilines is 1. The van der Waals surface area contributed by atoms with Gasteiger partial charge < -0.3 is 14.7 Å². The summed E-state index contributed by atoms with van der Waals surface area (Å²) in [6.07, 6.45) is -3.55. The van der Waals surface area contributed by atoms with Gasteiger partial charge in [-0.1, -0.05) is 6.07 Å². The highest BCUT2D eigenvalue weighted by Crippen LogP contribution is 2.28. The second-order valence-electron chi connectivity index (χ2n) is 4.29. The highest BCUT2D eigenvalue weighted by Gasteiger charge is 2.31. The van der Waals surface area contributed by atoms with Crippen LogP contribution < -0.4 is 9.64 Å². The molecule has 0 saturated carbocycles. The Hall–Kier alpha value is -1.43. The van der Waals surface area contributed by atoms with Crippen molar-refractivity contribution in [2.75, 3.05) is 18.0 Å². The van der Waals surface area contributed by atoms with Gasteiger partial charge in [-0.15, -0.1) is 13.2 Å². The van der Waals surface area contributed by atoms with Crippen LogP contribution in [0.5, 0.6) is 5.75 Å². The molecule has 6 heteroatoms. The highest BCUT2D eigenvalue weighted by atomic mass is 19.4. The normalized spacial score (nSPS) is 20.9. The number of piperidine rings is 1. The number of hydrogen-bond donors (Lipinski definition) is 1. The first-order valence-corrected chi connectivity index (χ1v) is 5.73. The van der Waals surface area contributed by atoms with Crippen LogP contribution in [0, 0.1) is 0 Å². The summed E-state index contributed by atoms with van der Waals surface area (Å²) in [5, 5.41) is 9.54. The van der Waals surface area contributed by atoms with Crippen LogP contribution in [0.2, 0.25) is 0 Å². The second kappa shape index (κ2) is 5.06. The van der Waals surface area contributed by atoms with Gasteiger partial charge in [0.15, 0.2) is 0 Å². The molecular weight excluding hydrogens is 247 g/mol. The number of benzene rings is 1. The van der Waals surface area contributed by atoms with E-state index in [0.29, 0.717) is 12.2 Å². The van der Waals surface area contributed by atoms with Crippen LogP contribution in [-0.2, 0) is 0 Å². The summed E-state index contributed by atoms with van der Waals surface area (Å²) in [5.74, 6) is -0.236. The number of aliphatic hydroxyl groups excluding tert-OH is 1. The van der Waals surface area contributed by atoms with Crippen LogP contribution in [0.4, 0.5) is 18.9 Å². The summed E-state index contributed by atoms with van der Waals surface area (Å²) in [6, 6.07) is 5.82. The van der Waals surface area contributed by atoms with Gasteiger partial charge in [0, 0.05) is 24.8 Å². The van der Waals surface area contributed by atoms with Gasteiger partial charge in [0.05, 0.1) is 6.10 Å². The van der Waals surface area contributed by atoms with Crippen LogP contribution in [0.25, 0.3) is 0 Å². The third kappa shape index (κ3) is 3.53. The van der Waals surface area contributed by atoms with E-state index in [-0.39, 0.29) is 5.75 Å². The molecule has 0 radical (unpaired) electrons. The van der Waals surface area contributed by atoms with Crippen molar-refractivity contribution < 1.29 is 23.0 Å². The molecule has 1 aromatic rings. The number of rotatable bonds is 2. The second-order valence-corrected chi connectivity index (χ2v) is 4.29. The Morgan fingerprint density at radius 2 is 2.11 bits per heavy atom. The number of alkyl halides is 3. The fourth-order valence-corrected chi connectivity index (χ4v) is 2.07. The summed E-state index contributed by atoms with van der Waals surface area (Å²) in [4.78, 5) is 1.86. The van der Waals surface area contributed by atoms with Crippen LogP contribution in [0.3, 0.4) is 0 Å². The van der Waals surface area contributed by atoms with Crippen molar-refractivity contribution in [3.63, 3.8) is 0 Å². The van der Waals surface area contributed by atoms with E-state index in [1.165, 1.54) is 18.2 Å². The molecule has 0 amide bonds. The number of ether oxygens (including phenoxy) is 1. The van der Waals surface area contributed by atoms with E-state index < -0.39 is 12.5 Å². The van der Waals surface area contributed by atoms with Crippen molar-refractivity contribution >= 4 is 5.69 Å². The minimum atomic E-state index is -4.68. The summed E-state index contributed by atoms with van der Waals surface area (Å²) in [5.41, 5.74) is 0.635. The van der Waals surface area contributed by atoms with Crippen molar-refractivity contribution in [1.82, 2.24) is 0 Å². The van der Waals surface area contributed by atoms with Crippen LogP contribution in [-0.4, -0.2) is 30.7 Å². The van der Waals surface area contributed by atoms with E-state index >= 15 is 0 Å². The number of β-amino-alcohol motifs (C(OH)–C–C–N with tert-alkyl or cyclic N) is 1. The molecule has 1 saturated heterocycles. The maximum atomic E-state index is 12.1. The maximum absolute atomic E-state index is 12.1. The zero-order valence-corrected chi connectivity index (χ0v) is 9.65. The first kappa shape index (κ1) is 13.0. The molecule has 1 aliphatic heterocycles. The summed E-state index contributed by atoms with van der Waals surface area (Å²) in [6.45, 7) is 1.17. The Morgan fingerprint density at radius 1 is 1.33 bits per heavy atom. The lowest BCUT2D eigenvalue weighted by Crippen LogP contribution is -2.38. The van der Waals surface area contributed by atoms with Crippen molar-refractivity contribution in [1.29, 1.82) is 0 Å². The summed E-state index contributed by atoms with van der Waals surface area (Å²) < 4.78 is 40.2. The Balaban J connectivity index is 2.11. The zero-order valence-electron chi connectivity index (χ0n) is 9.65. The molecule has 1 aliphatic rings. The van der Waals surface area contributed by atoms with Crippen LogP contribution in [0.1, 0.15) is 12.8 Å².